The molecule has 1 aromatic heterocycles. The summed E-state index contributed by atoms with van der Waals surface area (Å²) in [6, 6.07) is 6.34. The smallest absolute Gasteiger partial charge is 0.406 e. The van der Waals surface area contributed by atoms with Gasteiger partial charge < -0.3 is 14.5 Å². The van der Waals surface area contributed by atoms with E-state index < -0.39 is 6.36 Å². The van der Waals surface area contributed by atoms with Crippen LogP contribution in [0.4, 0.5) is 18.3 Å². The summed E-state index contributed by atoms with van der Waals surface area (Å²) >= 11 is 1.34. The summed E-state index contributed by atoms with van der Waals surface area (Å²) < 4.78 is 45.1. The van der Waals surface area contributed by atoms with E-state index in [2.05, 4.69) is 23.9 Å². The maximum atomic E-state index is 12.3. The molecule has 0 unspecified atom stereocenters. The number of hydrogen-bond acceptors (Lipinski definition) is 6. The number of alkyl halides is 3. The van der Waals surface area contributed by atoms with Crippen molar-refractivity contribution >= 4 is 16.7 Å². The Labute approximate surface area is 166 Å². The molecule has 3 heterocycles. The SMILES string of the molecule is FC(F)(F)Oc1ccc(-c2nsc(N3CCC(N4CCCCC4)CC3)n2)cc1. The van der Waals surface area contributed by atoms with Crippen molar-refractivity contribution in [2.45, 2.75) is 44.5 Å². The summed E-state index contributed by atoms with van der Waals surface area (Å²) in [5.74, 6) is 0.295. The molecule has 0 saturated carbocycles. The van der Waals surface area contributed by atoms with Crippen molar-refractivity contribution in [1.82, 2.24) is 14.3 Å². The lowest BCUT2D eigenvalue weighted by Crippen LogP contribution is -2.46. The van der Waals surface area contributed by atoms with Crippen LogP contribution >= 0.6 is 11.5 Å². The molecule has 1 aromatic carbocycles. The largest absolute Gasteiger partial charge is 0.573 e. The highest BCUT2D eigenvalue weighted by atomic mass is 32.1. The highest BCUT2D eigenvalue weighted by Crippen LogP contribution is 2.30. The number of likely N-dealkylation sites (tertiary alicyclic amines) is 1. The average molecular weight is 412 g/mol. The summed E-state index contributed by atoms with van der Waals surface area (Å²) in [7, 11) is 0. The Morgan fingerprint density at radius 3 is 2.29 bits per heavy atom. The van der Waals surface area contributed by atoms with Crippen LogP contribution in [0.25, 0.3) is 11.4 Å². The van der Waals surface area contributed by atoms with Crippen molar-refractivity contribution in [1.29, 1.82) is 0 Å². The number of halogens is 3. The average Bonchev–Trinajstić information content (AvgIpc) is 3.18. The van der Waals surface area contributed by atoms with Crippen molar-refractivity contribution in [3.8, 4) is 17.1 Å². The summed E-state index contributed by atoms with van der Waals surface area (Å²) in [5.41, 5.74) is 0.681. The molecule has 0 atom stereocenters. The number of hydrogen-bond donors (Lipinski definition) is 0. The van der Waals surface area contributed by atoms with Gasteiger partial charge in [-0.2, -0.15) is 9.36 Å². The van der Waals surface area contributed by atoms with E-state index in [1.165, 1.54) is 56.0 Å². The molecule has 9 heteroatoms. The number of anilines is 1. The second-order valence-electron chi connectivity index (χ2n) is 7.29. The van der Waals surface area contributed by atoms with Gasteiger partial charge in [0.25, 0.3) is 0 Å². The lowest BCUT2D eigenvalue weighted by atomic mass is 10.0. The predicted octanol–water partition coefficient (Wildman–Crippen LogP) is 4.56. The first kappa shape index (κ1) is 19.4. The summed E-state index contributed by atoms with van der Waals surface area (Å²) in [6.45, 7) is 4.38. The fourth-order valence-electron chi connectivity index (χ4n) is 3.97. The highest BCUT2D eigenvalue weighted by molar-refractivity contribution is 7.09. The van der Waals surface area contributed by atoms with Crippen molar-refractivity contribution in [3.05, 3.63) is 24.3 Å². The highest BCUT2D eigenvalue weighted by Gasteiger charge is 2.31. The van der Waals surface area contributed by atoms with E-state index in [1.807, 2.05) is 0 Å². The Kier molecular flexibility index (Phi) is 5.73. The second kappa shape index (κ2) is 8.24. The van der Waals surface area contributed by atoms with Gasteiger partial charge in [-0.3, -0.25) is 0 Å². The molecule has 2 aliphatic rings. The Morgan fingerprint density at radius 1 is 0.964 bits per heavy atom. The van der Waals surface area contributed by atoms with E-state index in [-0.39, 0.29) is 5.75 Å². The normalized spacial score (nSPS) is 19.8. The molecule has 0 N–H and O–H groups in total. The Balaban J connectivity index is 1.35. The summed E-state index contributed by atoms with van der Waals surface area (Å²) in [5, 5.41) is 0.878. The van der Waals surface area contributed by atoms with Gasteiger partial charge in [0.15, 0.2) is 5.82 Å². The lowest BCUT2D eigenvalue weighted by molar-refractivity contribution is -0.274. The molecule has 0 spiro atoms. The first-order chi connectivity index (χ1) is 13.5. The van der Waals surface area contributed by atoms with Crippen LogP contribution in [0.3, 0.4) is 0 Å². The van der Waals surface area contributed by atoms with Gasteiger partial charge in [0.2, 0.25) is 5.13 Å². The molecule has 4 rings (SSSR count). The zero-order chi connectivity index (χ0) is 19.6. The van der Waals surface area contributed by atoms with E-state index in [9.17, 15) is 13.2 Å². The monoisotopic (exact) mass is 412 g/mol. The van der Waals surface area contributed by atoms with Gasteiger partial charge in [-0.15, -0.1) is 13.2 Å². The molecular weight excluding hydrogens is 389 g/mol. The molecule has 5 nitrogen and oxygen atoms in total. The Bertz CT molecular complexity index is 766. The maximum Gasteiger partial charge on any atom is 0.573 e. The second-order valence-corrected chi connectivity index (χ2v) is 8.02. The Morgan fingerprint density at radius 2 is 1.64 bits per heavy atom. The van der Waals surface area contributed by atoms with Gasteiger partial charge in [-0.25, -0.2) is 0 Å². The fourth-order valence-corrected chi connectivity index (χ4v) is 4.71. The zero-order valence-electron chi connectivity index (χ0n) is 15.5. The van der Waals surface area contributed by atoms with Crippen LogP contribution in [0.15, 0.2) is 24.3 Å². The van der Waals surface area contributed by atoms with Gasteiger partial charge in [0.1, 0.15) is 5.75 Å². The quantitative estimate of drug-likeness (QED) is 0.737. The molecule has 0 radical (unpaired) electrons. The number of ether oxygens (including phenoxy) is 1. The molecule has 0 bridgehead atoms. The predicted molar refractivity (Wildman–Crippen MR) is 103 cm³/mol. The number of nitrogens with zero attached hydrogens (tertiary/aromatic N) is 4. The lowest BCUT2D eigenvalue weighted by Gasteiger charge is -2.40. The van der Waals surface area contributed by atoms with Gasteiger partial charge in [-0.05, 0) is 63.0 Å². The molecule has 2 saturated heterocycles. The molecule has 2 aromatic rings. The zero-order valence-corrected chi connectivity index (χ0v) is 16.3. The van der Waals surface area contributed by atoms with Crippen LogP contribution in [-0.4, -0.2) is 52.8 Å². The molecule has 0 aliphatic carbocycles. The van der Waals surface area contributed by atoms with Gasteiger partial charge in [0.05, 0.1) is 0 Å². The van der Waals surface area contributed by atoms with Crippen LogP contribution in [0, 0.1) is 0 Å². The van der Waals surface area contributed by atoms with Crippen LogP contribution in [0.2, 0.25) is 0 Å². The fraction of sp³-hybridized carbons (Fsp3) is 0.579. The van der Waals surface area contributed by atoms with Crippen molar-refractivity contribution < 1.29 is 17.9 Å². The van der Waals surface area contributed by atoms with E-state index >= 15 is 0 Å². The Hall–Kier alpha value is -1.87. The summed E-state index contributed by atoms with van der Waals surface area (Å²) in [6.07, 6.45) is 1.57. The van der Waals surface area contributed by atoms with Crippen LogP contribution in [0.1, 0.15) is 32.1 Å². The van der Waals surface area contributed by atoms with Gasteiger partial charge >= 0.3 is 6.36 Å². The first-order valence-corrected chi connectivity index (χ1v) is 10.4. The van der Waals surface area contributed by atoms with Gasteiger partial charge in [-0.1, -0.05) is 6.42 Å². The maximum absolute atomic E-state index is 12.3. The molecule has 28 heavy (non-hydrogen) atoms. The third-order valence-electron chi connectivity index (χ3n) is 5.40. The van der Waals surface area contributed by atoms with Crippen molar-refractivity contribution in [2.75, 3.05) is 31.1 Å². The van der Waals surface area contributed by atoms with Gasteiger partial charge in [0, 0.05) is 36.2 Å². The first-order valence-electron chi connectivity index (χ1n) is 9.67. The van der Waals surface area contributed by atoms with Crippen molar-refractivity contribution in [2.24, 2.45) is 0 Å². The third-order valence-corrected chi connectivity index (χ3v) is 6.18. The third kappa shape index (κ3) is 4.75. The summed E-state index contributed by atoms with van der Waals surface area (Å²) in [4.78, 5) is 9.51. The standard InChI is InChI=1S/C19H23F3N4OS/c20-19(21,22)27-16-6-4-14(5-7-16)17-23-18(28-24-17)26-12-8-15(9-13-26)25-10-2-1-3-11-25/h4-7,15H,1-3,8-13H2. The van der Waals surface area contributed by atoms with E-state index in [0.717, 1.165) is 31.1 Å². The number of rotatable bonds is 4. The van der Waals surface area contributed by atoms with E-state index in [0.29, 0.717) is 17.4 Å². The molecule has 0 amide bonds. The minimum absolute atomic E-state index is 0.244. The van der Waals surface area contributed by atoms with E-state index in [1.54, 1.807) is 12.1 Å². The molecule has 2 aliphatic heterocycles. The molecule has 152 valence electrons. The molecular formula is C19H23F3N4OS. The minimum Gasteiger partial charge on any atom is -0.406 e. The van der Waals surface area contributed by atoms with E-state index in [4.69, 9.17) is 0 Å². The van der Waals surface area contributed by atoms with Crippen LogP contribution < -0.4 is 9.64 Å². The van der Waals surface area contributed by atoms with Crippen LogP contribution in [-0.2, 0) is 0 Å². The number of piperidine rings is 2. The van der Waals surface area contributed by atoms with Crippen LogP contribution in [0.5, 0.6) is 5.75 Å². The molecule has 2 fully saturated rings. The number of benzene rings is 1. The number of aromatic nitrogens is 2. The van der Waals surface area contributed by atoms with Crippen molar-refractivity contribution in [3.63, 3.8) is 0 Å². The topological polar surface area (TPSA) is 41.5 Å². The minimum atomic E-state index is -4.69.